The van der Waals surface area contributed by atoms with Gasteiger partial charge in [-0.3, -0.25) is 24.2 Å². The molecule has 0 radical (unpaired) electrons. The van der Waals surface area contributed by atoms with E-state index in [4.69, 9.17) is 37.1 Å². The summed E-state index contributed by atoms with van der Waals surface area (Å²) in [5.41, 5.74) is 30.9. The van der Waals surface area contributed by atoms with Crippen LogP contribution in [0.4, 0.5) is 16.4 Å². The van der Waals surface area contributed by atoms with Crippen LogP contribution in [0.1, 0.15) is 178 Å². The minimum Gasteiger partial charge on any atom is -0.487 e. The molecule has 1 aromatic heterocycles. The zero-order valence-electron chi connectivity index (χ0n) is 49.9. The van der Waals surface area contributed by atoms with Crippen molar-refractivity contribution < 1.29 is 46.6 Å². The highest BCUT2D eigenvalue weighted by Crippen LogP contribution is 2.45. The standard InChI is InChI=1S/C57H87N13O10S/c1-15-16-21-41(71)40(20-18-23-63-52(60)66-29-39-30(2)31(3)45-37(34(39)6)27-56(11,12)78-45)67-51(74)44-49(59)68-43(48(58)69-44)42(72)26-36(50(73)62-24-25-65-54(75)80-55(8,9)10)19-17-22-64-53(61)70-81(76,77)47-33(5)32(4)46-38(35(47)7)28-57(13,14)79-46/h36,40H,15-29H2,1-14H3,(H2,58,69)(H2,59,68)(H,62,73)(H,65,75)(H,67,74)(H3,60,63,66)(H3,61,64,70)/t36-,40?/m1/s1. The molecule has 3 amide bonds. The number of unbranched alkanes of at least 4 members (excludes halogenated alkanes) is 1. The molecule has 2 atom stereocenters. The van der Waals surface area contributed by atoms with E-state index >= 15 is 0 Å². The number of nitrogen functional groups attached to an aromatic ring is 2. The number of anilines is 2. The van der Waals surface area contributed by atoms with Gasteiger partial charge in [0, 0.05) is 68.9 Å². The number of nitrogens with two attached hydrogens (primary N) is 4. The van der Waals surface area contributed by atoms with Crippen LogP contribution in [0, 0.1) is 47.5 Å². The number of alkyl carbamates (subject to hydrolysis) is 1. The van der Waals surface area contributed by atoms with E-state index in [2.05, 4.69) is 80.6 Å². The summed E-state index contributed by atoms with van der Waals surface area (Å²) in [6, 6.07) is -0.928. The molecule has 1 unspecified atom stereocenters. The lowest BCUT2D eigenvalue weighted by molar-refractivity contribution is -0.125. The van der Waals surface area contributed by atoms with E-state index in [9.17, 15) is 32.4 Å². The van der Waals surface area contributed by atoms with E-state index < -0.39 is 80.6 Å². The van der Waals surface area contributed by atoms with E-state index in [1.165, 1.54) is 5.56 Å². The summed E-state index contributed by atoms with van der Waals surface area (Å²) in [5, 5.41) is 11.1. The minimum absolute atomic E-state index is 0.00523. The SMILES string of the molecule is CCCCC(=O)C(CCCNC(N)=NCc1c(C)c(C)c2c(c1C)CC(C)(C)O2)NC(=O)c1nc(N)c(C(=O)C[C@@H](CCCN=C(N)NS(=O)(=O)c2c(C)c(C)c3c(c2C)CC(C)(C)O3)C(=O)NCCNC(=O)OC(C)(C)C)nc1N. The third-order valence-corrected chi connectivity index (χ3v) is 16.1. The van der Waals surface area contributed by atoms with Crippen LogP contribution in [0.3, 0.4) is 0 Å². The molecule has 23 nitrogen and oxygen atoms in total. The van der Waals surface area contributed by atoms with Crippen molar-refractivity contribution in [2.24, 2.45) is 27.4 Å². The highest BCUT2D eigenvalue weighted by atomic mass is 32.2. The van der Waals surface area contributed by atoms with Crippen molar-refractivity contribution in [2.75, 3.05) is 37.6 Å². The van der Waals surface area contributed by atoms with Crippen molar-refractivity contribution >= 4 is 63.1 Å². The van der Waals surface area contributed by atoms with E-state index in [0.717, 1.165) is 46.4 Å². The summed E-state index contributed by atoms with van der Waals surface area (Å²) in [6.45, 7) is 27.2. The van der Waals surface area contributed by atoms with E-state index in [1.807, 2.05) is 27.7 Å². The van der Waals surface area contributed by atoms with Gasteiger partial charge in [-0.05, 0) is 161 Å². The van der Waals surface area contributed by atoms with Crippen LogP contribution in [0.5, 0.6) is 11.5 Å². The fourth-order valence-electron chi connectivity index (χ4n) is 10.1. The van der Waals surface area contributed by atoms with Gasteiger partial charge in [-0.15, -0.1) is 0 Å². The summed E-state index contributed by atoms with van der Waals surface area (Å²) in [6.07, 6.45) is 2.65. The van der Waals surface area contributed by atoms with Gasteiger partial charge in [0.2, 0.25) is 11.9 Å². The second-order valence-electron chi connectivity index (χ2n) is 23.4. The van der Waals surface area contributed by atoms with Gasteiger partial charge in [0.1, 0.15) is 28.3 Å². The summed E-state index contributed by atoms with van der Waals surface area (Å²) >= 11 is 0. The predicted molar refractivity (Wildman–Crippen MR) is 313 cm³/mol. The molecule has 81 heavy (non-hydrogen) atoms. The molecule has 0 saturated heterocycles. The number of hydrogen-bond acceptors (Lipinski definition) is 16. The molecular formula is C57H87N13O10S. The maximum atomic E-state index is 14.0. The molecule has 2 aliphatic heterocycles. The number of ketones is 2. The van der Waals surface area contributed by atoms with Crippen LogP contribution in [0.15, 0.2) is 14.9 Å². The van der Waals surface area contributed by atoms with Crippen LogP contribution >= 0.6 is 0 Å². The van der Waals surface area contributed by atoms with Gasteiger partial charge in [0.15, 0.2) is 40.5 Å². The van der Waals surface area contributed by atoms with E-state index in [0.29, 0.717) is 54.8 Å². The van der Waals surface area contributed by atoms with Gasteiger partial charge >= 0.3 is 6.09 Å². The third kappa shape index (κ3) is 16.9. The number of Topliss-reactive ketones (excluding diaryl/α,β-unsaturated/α-hetero) is 2. The van der Waals surface area contributed by atoms with Crippen molar-refractivity contribution in [3.8, 4) is 11.5 Å². The number of ether oxygens (including phenoxy) is 3. The number of sulfonamides is 1. The number of aromatic nitrogens is 2. The fourth-order valence-corrected chi connectivity index (χ4v) is 11.6. The number of benzene rings is 2. The Morgan fingerprint density at radius 2 is 1.30 bits per heavy atom. The van der Waals surface area contributed by atoms with E-state index in [1.54, 1.807) is 34.6 Å². The maximum Gasteiger partial charge on any atom is 0.407 e. The zero-order valence-corrected chi connectivity index (χ0v) is 50.7. The number of nitrogens with zero attached hydrogens (tertiary/aromatic N) is 4. The smallest absolute Gasteiger partial charge is 0.407 e. The Hall–Kier alpha value is -7.24. The molecule has 24 heteroatoms. The molecule has 5 rings (SSSR count). The lowest BCUT2D eigenvalue weighted by atomic mass is 9.89. The molecule has 2 aromatic carbocycles. The molecule has 0 spiro atoms. The molecule has 0 fully saturated rings. The van der Waals surface area contributed by atoms with Crippen LogP contribution in [-0.4, -0.2) is 109 Å². The number of nitrogens with one attached hydrogen (secondary N) is 5. The lowest BCUT2D eigenvalue weighted by Gasteiger charge is -2.20. The van der Waals surface area contributed by atoms with Gasteiger partial charge in [0.25, 0.3) is 15.9 Å². The maximum absolute atomic E-state index is 14.0. The number of carbonyl (C=O) groups excluding carboxylic acids is 5. The normalized spacial score (nSPS) is 15.3. The van der Waals surface area contributed by atoms with Crippen molar-refractivity contribution in [3.63, 3.8) is 0 Å². The monoisotopic (exact) mass is 1150 g/mol. The molecule has 3 aromatic rings. The van der Waals surface area contributed by atoms with Gasteiger partial charge < -0.3 is 58.4 Å². The zero-order chi connectivity index (χ0) is 60.5. The largest absolute Gasteiger partial charge is 0.487 e. The molecule has 3 heterocycles. The Morgan fingerprint density at radius 1 is 0.716 bits per heavy atom. The predicted octanol–water partition coefficient (Wildman–Crippen LogP) is 5.56. The number of guanidine groups is 2. The number of aliphatic imine (C=N–C) groups is 2. The topological polar surface area (TPSA) is 362 Å². The summed E-state index contributed by atoms with van der Waals surface area (Å²) in [5.74, 6) is -2.72. The average molecular weight is 1150 g/mol. The van der Waals surface area contributed by atoms with Crippen molar-refractivity contribution in [1.82, 2.24) is 36.0 Å². The highest BCUT2D eigenvalue weighted by Gasteiger charge is 2.38. The quantitative estimate of drug-likeness (QED) is 0.0217. The van der Waals surface area contributed by atoms with Gasteiger partial charge in [0.05, 0.1) is 17.5 Å². The number of amides is 3. The first kappa shape index (κ1) is 64.6. The number of fused-ring (bicyclic) bond motifs is 2. The molecule has 446 valence electrons. The average Bonchev–Trinajstić information content (AvgIpc) is 4.00. The highest BCUT2D eigenvalue weighted by molar-refractivity contribution is 7.90. The summed E-state index contributed by atoms with van der Waals surface area (Å²) in [7, 11) is -4.19. The van der Waals surface area contributed by atoms with Crippen LogP contribution < -0.4 is 58.4 Å². The molecular weight excluding hydrogens is 1060 g/mol. The molecule has 0 bridgehead atoms. The lowest BCUT2D eigenvalue weighted by Crippen LogP contribution is -2.42. The van der Waals surface area contributed by atoms with Crippen molar-refractivity contribution in [2.45, 2.75) is 195 Å². The fraction of sp³-hybridized carbons (Fsp3) is 0.596. The second-order valence-corrected chi connectivity index (χ2v) is 25.0. The molecule has 13 N–H and O–H groups in total. The summed E-state index contributed by atoms with van der Waals surface area (Å²) in [4.78, 5) is 84.5. The Kier molecular flexibility index (Phi) is 21.2. The molecule has 2 aliphatic rings. The van der Waals surface area contributed by atoms with Gasteiger partial charge in [-0.25, -0.2) is 32.9 Å². The first-order chi connectivity index (χ1) is 37.7. The molecule has 0 aliphatic carbocycles. The minimum atomic E-state index is -4.19. The Morgan fingerprint density at radius 3 is 1.91 bits per heavy atom. The van der Waals surface area contributed by atoms with Crippen LogP contribution in [0.2, 0.25) is 0 Å². The van der Waals surface area contributed by atoms with E-state index in [-0.39, 0.29) is 79.2 Å². The van der Waals surface area contributed by atoms with Crippen LogP contribution in [-0.2, 0) is 43.7 Å². The van der Waals surface area contributed by atoms with Gasteiger partial charge in [-0.1, -0.05) is 13.3 Å². The van der Waals surface area contributed by atoms with Crippen LogP contribution in [0.25, 0.3) is 0 Å². The number of hydrogen-bond donors (Lipinski definition) is 9. The Bertz CT molecular complexity index is 3070. The van der Waals surface area contributed by atoms with Crippen molar-refractivity contribution in [1.29, 1.82) is 0 Å². The first-order valence-corrected chi connectivity index (χ1v) is 29.2. The number of rotatable bonds is 25. The summed E-state index contributed by atoms with van der Waals surface area (Å²) < 4.78 is 47.6. The van der Waals surface area contributed by atoms with Crippen molar-refractivity contribution in [3.05, 3.63) is 61.5 Å². The second kappa shape index (κ2) is 26.6. The third-order valence-electron chi connectivity index (χ3n) is 14.5. The molecule has 0 saturated carbocycles. The number of carbonyl (C=O) groups is 5. The van der Waals surface area contributed by atoms with Gasteiger partial charge in [-0.2, -0.15) is 0 Å². The Labute approximate surface area is 477 Å². The first-order valence-electron chi connectivity index (χ1n) is 27.7. The Balaban J connectivity index is 1.24.